The van der Waals surface area contributed by atoms with Gasteiger partial charge in [-0.2, -0.15) is 8.42 Å². The van der Waals surface area contributed by atoms with E-state index < -0.39 is 55.7 Å². The van der Waals surface area contributed by atoms with E-state index in [-0.39, 0.29) is 81.3 Å². The van der Waals surface area contributed by atoms with Crippen LogP contribution in [0.15, 0.2) is 0 Å². The molecule has 0 rings (SSSR count). The van der Waals surface area contributed by atoms with E-state index in [2.05, 4.69) is 16.0 Å². The number of hydroxylamine groups is 2. The molecule has 0 aromatic carbocycles. The van der Waals surface area contributed by atoms with Crippen LogP contribution in [-0.2, 0) is 48.3 Å². The predicted molar refractivity (Wildman–Crippen MR) is 198 cm³/mol. The second-order valence-electron chi connectivity index (χ2n) is 15.8. The molecule has 53 heavy (non-hydrogen) atoms. The van der Waals surface area contributed by atoms with Gasteiger partial charge in [0, 0.05) is 43.8 Å². The van der Waals surface area contributed by atoms with E-state index in [1.165, 1.54) is 20.8 Å². The van der Waals surface area contributed by atoms with Gasteiger partial charge in [0.05, 0.1) is 61.8 Å². The van der Waals surface area contributed by atoms with Gasteiger partial charge in [0.25, 0.3) is 10.1 Å². The molecule has 17 nitrogen and oxygen atoms in total. The minimum absolute atomic E-state index is 0.0342. The maximum absolute atomic E-state index is 13.0. The third kappa shape index (κ3) is 23.2. The van der Waals surface area contributed by atoms with Crippen molar-refractivity contribution < 1.29 is 61.3 Å². The largest absolute Gasteiger partial charge is 0.634 e. The minimum Gasteiger partial charge on any atom is -0.634 e. The Kier molecular flexibility index (Phi) is 22.4. The summed E-state index contributed by atoms with van der Waals surface area (Å²) in [5.74, 6) is -2.86. The number of aliphatic carboxylic acids is 1. The Morgan fingerprint density at radius 2 is 1.28 bits per heavy atom. The van der Waals surface area contributed by atoms with Gasteiger partial charge in [-0.15, -0.1) is 0 Å². The molecule has 310 valence electrons. The first-order valence-electron chi connectivity index (χ1n) is 18.0. The standard InChI is InChI=1S/C35H66N4O13S/c1-26(40)11-10-16-39(46)17-20-50-18-14-37-35(8,9)29(42)23-52-22-21-51-19-15-36-34(6,7)28(41)13-12-27(24-53(47,48)49)38-30(43)32(2,3)25-33(4,5)31(44)45/h27,36-37,39H,10-25H2,1-9H3,(H,38,43)(H,44,45)(H,47,48,49). The molecule has 18 heteroatoms. The van der Waals surface area contributed by atoms with E-state index in [4.69, 9.17) is 14.2 Å². The summed E-state index contributed by atoms with van der Waals surface area (Å²) in [6.07, 6.45) is 0.727. The molecule has 6 N–H and O–H groups in total. The molecule has 1 amide bonds. The van der Waals surface area contributed by atoms with Crippen LogP contribution < -0.4 is 21.0 Å². The van der Waals surface area contributed by atoms with Crippen molar-refractivity contribution in [1.82, 2.24) is 16.0 Å². The van der Waals surface area contributed by atoms with E-state index in [1.54, 1.807) is 41.5 Å². The van der Waals surface area contributed by atoms with Crippen LogP contribution in [0.3, 0.4) is 0 Å². The summed E-state index contributed by atoms with van der Waals surface area (Å²) in [4.78, 5) is 61.2. The third-order valence-corrected chi connectivity index (χ3v) is 9.50. The number of Topliss-reactive ketones (excluding diaryl/α,β-unsaturated/α-hetero) is 3. The monoisotopic (exact) mass is 782 g/mol. The topological polar surface area (TPSA) is 251 Å². The lowest BCUT2D eigenvalue weighted by Crippen LogP contribution is -3.07. The lowest BCUT2D eigenvalue weighted by molar-refractivity contribution is -0.848. The normalized spacial score (nSPS) is 14.1. The molecule has 0 radical (unpaired) electrons. The fourth-order valence-corrected chi connectivity index (χ4v) is 6.05. The predicted octanol–water partition coefficient (Wildman–Crippen LogP) is 0.343. The van der Waals surface area contributed by atoms with Crippen molar-refractivity contribution in [2.75, 3.05) is 71.6 Å². The number of hydrogen-bond acceptors (Lipinski definition) is 13. The Bertz CT molecular complexity index is 1290. The number of amides is 1. The Labute approximate surface area is 315 Å². The Balaban J connectivity index is 4.49. The number of quaternary nitrogens is 1. The van der Waals surface area contributed by atoms with Gasteiger partial charge in [-0.25, -0.2) is 0 Å². The highest BCUT2D eigenvalue weighted by Gasteiger charge is 2.40. The van der Waals surface area contributed by atoms with Gasteiger partial charge >= 0.3 is 5.97 Å². The minimum atomic E-state index is -4.50. The van der Waals surface area contributed by atoms with Crippen molar-refractivity contribution in [1.29, 1.82) is 0 Å². The number of ketones is 3. The summed E-state index contributed by atoms with van der Waals surface area (Å²) in [6.45, 7) is 16.7. The lowest BCUT2D eigenvalue weighted by atomic mass is 9.74. The van der Waals surface area contributed by atoms with E-state index in [9.17, 15) is 47.3 Å². The van der Waals surface area contributed by atoms with Gasteiger partial charge < -0.3 is 50.3 Å². The smallest absolute Gasteiger partial charge is 0.309 e. The molecular weight excluding hydrogens is 716 g/mol. The number of ether oxygens (including phenoxy) is 3. The Morgan fingerprint density at radius 3 is 1.81 bits per heavy atom. The van der Waals surface area contributed by atoms with Crippen molar-refractivity contribution in [3.63, 3.8) is 0 Å². The molecule has 0 aliphatic rings. The zero-order chi connectivity index (χ0) is 41.1. The van der Waals surface area contributed by atoms with E-state index in [0.29, 0.717) is 39.1 Å². The second kappa shape index (κ2) is 23.5. The number of rotatable bonds is 32. The molecule has 0 saturated heterocycles. The summed E-state index contributed by atoms with van der Waals surface area (Å²) in [5.41, 5.74) is -4.29. The number of nitrogens with one attached hydrogen (secondary N) is 4. The maximum Gasteiger partial charge on any atom is 0.309 e. The fraction of sp³-hybridized carbons (Fsp3) is 0.857. The van der Waals surface area contributed by atoms with Gasteiger partial charge in [-0.05, 0) is 61.3 Å². The average molecular weight is 783 g/mol. The highest BCUT2D eigenvalue weighted by atomic mass is 32.2. The summed E-state index contributed by atoms with van der Waals surface area (Å²) in [6, 6.07) is -1.08. The number of carboxylic acids is 1. The SMILES string of the molecule is CC(=O)CCC[NH+]([O-])CCOCCNC(C)(C)C(=O)COCCOCCNC(C)(C)C(=O)CCC(CS(=O)(=O)O)NC(=O)C(C)(C)CC(C)(C)C(=O)O. The lowest BCUT2D eigenvalue weighted by Gasteiger charge is -2.32. The summed E-state index contributed by atoms with van der Waals surface area (Å²) < 4.78 is 49.3. The molecule has 0 aromatic heterocycles. The molecule has 0 fully saturated rings. The van der Waals surface area contributed by atoms with Crippen molar-refractivity contribution in [2.24, 2.45) is 10.8 Å². The van der Waals surface area contributed by atoms with Crippen LogP contribution in [0.4, 0.5) is 0 Å². The molecule has 2 atom stereocenters. The first-order valence-corrected chi connectivity index (χ1v) is 19.6. The first kappa shape index (κ1) is 50.6. The highest BCUT2D eigenvalue weighted by Crippen LogP contribution is 2.34. The van der Waals surface area contributed by atoms with Gasteiger partial charge in [-0.3, -0.25) is 23.7 Å². The number of carboxylic acid groups (broad SMARTS) is 1. The molecule has 0 spiro atoms. The summed E-state index contributed by atoms with van der Waals surface area (Å²) in [7, 11) is -4.50. The van der Waals surface area contributed by atoms with E-state index in [0.717, 1.165) is 0 Å². The van der Waals surface area contributed by atoms with Crippen LogP contribution in [0.2, 0.25) is 0 Å². The van der Waals surface area contributed by atoms with Gasteiger partial charge in [0.2, 0.25) is 5.91 Å². The summed E-state index contributed by atoms with van der Waals surface area (Å²) >= 11 is 0. The fourth-order valence-electron chi connectivity index (χ4n) is 5.29. The van der Waals surface area contributed by atoms with Crippen LogP contribution in [0.25, 0.3) is 0 Å². The van der Waals surface area contributed by atoms with Gasteiger partial charge in [0.15, 0.2) is 11.6 Å². The summed E-state index contributed by atoms with van der Waals surface area (Å²) in [5, 5.41) is 30.1. The van der Waals surface area contributed by atoms with Crippen LogP contribution in [-0.4, -0.2) is 136 Å². The molecule has 2 unspecified atom stereocenters. The third-order valence-electron chi connectivity index (χ3n) is 8.68. The molecule has 0 aliphatic heterocycles. The van der Waals surface area contributed by atoms with Crippen LogP contribution >= 0.6 is 0 Å². The maximum atomic E-state index is 13.0. The van der Waals surface area contributed by atoms with Crippen LogP contribution in [0.5, 0.6) is 0 Å². The van der Waals surface area contributed by atoms with E-state index >= 15 is 0 Å². The quantitative estimate of drug-likeness (QED) is 0.0306. The van der Waals surface area contributed by atoms with E-state index in [1.807, 2.05) is 0 Å². The molecule has 0 aliphatic carbocycles. The van der Waals surface area contributed by atoms with Crippen molar-refractivity contribution in [3.05, 3.63) is 5.21 Å². The molecular formula is C35H66N4O13S. The number of carbonyl (C=O) groups excluding carboxylic acids is 4. The number of carbonyl (C=O) groups is 5. The zero-order valence-corrected chi connectivity index (χ0v) is 34.0. The molecule has 0 saturated carbocycles. The number of hydrogen-bond donors (Lipinski definition) is 6. The molecule has 0 bridgehead atoms. The Morgan fingerprint density at radius 1 is 0.755 bits per heavy atom. The highest BCUT2D eigenvalue weighted by molar-refractivity contribution is 7.85. The van der Waals surface area contributed by atoms with Crippen LogP contribution in [0, 0.1) is 16.0 Å². The average Bonchev–Trinajstić information content (AvgIpc) is 3.00. The van der Waals surface area contributed by atoms with Gasteiger partial charge in [-0.1, -0.05) is 13.8 Å². The van der Waals surface area contributed by atoms with Crippen molar-refractivity contribution in [2.45, 2.75) is 112 Å². The van der Waals surface area contributed by atoms with Crippen molar-refractivity contribution in [3.8, 4) is 0 Å². The van der Waals surface area contributed by atoms with Crippen molar-refractivity contribution >= 4 is 39.3 Å². The Hall–Kier alpha value is -2.42. The molecule has 0 heterocycles. The molecule has 0 aromatic rings. The zero-order valence-electron chi connectivity index (χ0n) is 33.2. The second-order valence-corrected chi connectivity index (χ2v) is 17.3. The van der Waals surface area contributed by atoms with Gasteiger partial charge in [0.1, 0.15) is 18.9 Å². The van der Waals surface area contributed by atoms with Crippen LogP contribution in [0.1, 0.15) is 94.4 Å². The first-order chi connectivity index (χ1) is 24.2.